The number of hydrogen-bond donors (Lipinski definition) is 2. The number of hydrogen-bond acceptors (Lipinski definition) is 3. The summed E-state index contributed by atoms with van der Waals surface area (Å²) in [5.41, 5.74) is 4.34. The lowest BCUT2D eigenvalue weighted by Gasteiger charge is -2.11. The molecule has 0 fully saturated rings. The highest BCUT2D eigenvalue weighted by Crippen LogP contribution is 2.20. The van der Waals surface area contributed by atoms with E-state index in [1.165, 1.54) is 18.2 Å². The number of benzene rings is 2. The summed E-state index contributed by atoms with van der Waals surface area (Å²) >= 11 is 5.10. The van der Waals surface area contributed by atoms with Gasteiger partial charge in [-0.3, -0.25) is 5.43 Å². The third kappa shape index (κ3) is 6.07. The highest BCUT2D eigenvalue weighted by molar-refractivity contribution is 7.80. The Balaban J connectivity index is 1.94. The van der Waals surface area contributed by atoms with Crippen molar-refractivity contribution in [2.24, 2.45) is 5.10 Å². The molecule has 0 aromatic heterocycles. The van der Waals surface area contributed by atoms with Crippen LogP contribution in [0.3, 0.4) is 0 Å². The zero-order chi connectivity index (χ0) is 18.2. The summed E-state index contributed by atoms with van der Waals surface area (Å²) < 4.78 is 42.2. The van der Waals surface area contributed by atoms with Crippen molar-refractivity contribution < 1.29 is 17.9 Å². The summed E-state index contributed by atoms with van der Waals surface area (Å²) in [4.78, 5) is 0. The van der Waals surface area contributed by atoms with Gasteiger partial charge in [-0.2, -0.15) is 13.9 Å². The molecule has 0 atom stereocenters. The van der Waals surface area contributed by atoms with E-state index in [-0.39, 0.29) is 16.7 Å². The molecular weight excluding hydrogens is 351 g/mol. The standard InChI is InChI=1S/C17H16F3N3OS/c1-11(14-4-2-3-5-15(14)24-16(19)20)22-23-17(25)21-10-12-6-8-13(18)9-7-12/h2-9,16H,10H2,1H3,(H2,21,23,25)/b22-11-. The van der Waals surface area contributed by atoms with Crippen LogP contribution in [0, 0.1) is 5.82 Å². The molecule has 8 heteroatoms. The van der Waals surface area contributed by atoms with Crippen LogP contribution in [0.5, 0.6) is 5.75 Å². The average molecular weight is 367 g/mol. The molecule has 0 bridgehead atoms. The number of nitrogens with zero attached hydrogens (tertiary/aromatic N) is 1. The van der Waals surface area contributed by atoms with E-state index in [1.807, 2.05) is 0 Å². The Morgan fingerprint density at radius 2 is 1.84 bits per heavy atom. The van der Waals surface area contributed by atoms with Crippen LogP contribution in [-0.2, 0) is 6.54 Å². The molecule has 2 aromatic rings. The molecule has 0 amide bonds. The maximum Gasteiger partial charge on any atom is 0.387 e. The van der Waals surface area contributed by atoms with Gasteiger partial charge in [-0.05, 0) is 49.0 Å². The first-order chi connectivity index (χ1) is 12.0. The van der Waals surface area contributed by atoms with Gasteiger partial charge in [0.15, 0.2) is 5.11 Å². The molecule has 0 saturated carbocycles. The van der Waals surface area contributed by atoms with Crippen molar-refractivity contribution in [3.8, 4) is 5.75 Å². The predicted molar refractivity (Wildman–Crippen MR) is 94.3 cm³/mol. The summed E-state index contributed by atoms with van der Waals surface area (Å²) in [5, 5.41) is 7.22. The number of alkyl halides is 2. The van der Waals surface area contributed by atoms with E-state index >= 15 is 0 Å². The Bertz CT molecular complexity index is 751. The van der Waals surface area contributed by atoms with Gasteiger partial charge in [-0.15, -0.1) is 0 Å². The first kappa shape index (κ1) is 18.7. The maximum atomic E-state index is 12.8. The predicted octanol–water partition coefficient (Wildman–Crippen LogP) is 3.82. The lowest BCUT2D eigenvalue weighted by Crippen LogP contribution is -2.32. The lowest BCUT2D eigenvalue weighted by molar-refractivity contribution is -0.0499. The minimum Gasteiger partial charge on any atom is -0.434 e. The average Bonchev–Trinajstić information content (AvgIpc) is 2.59. The van der Waals surface area contributed by atoms with E-state index in [2.05, 4.69) is 20.6 Å². The fourth-order valence-corrected chi connectivity index (χ4v) is 2.10. The zero-order valence-electron chi connectivity index (χ0n) is 13.3. The number of ether oxygens (including phenoxy) is 1. The molecule has 2 aromatic carbocycles. The zero-order valence-corrected chi connectivity index (χ0v) is 14.1. The van der Waals surface area contributed by atoms with Crippen LogP contribution in [0.2, 0.25) is 0 Å². The fourth-order valence-electron chi connectivity index (χ4n) is 1.98. The Hall–Kier alpha value is -2.61. The second kappa shape index (κ2) is 9.03. The van der Waals surface area contributed by atoms with Gasteiger partial charge < -0.3 is 10.1 Å². The SMILES string of the molecule is C/C(=N/NC(=S)NCc1ccc(F)cc1)c1ccccc1OC(F)F. The van der Waals surface area contributed by atoms with Crippen LogP contribution >= 0.6 is 12.2 Å². The number of halogens is 3. The number of rotatable bonds is 6. The van der Waals surface area contributed by atoms with E-state index in [0.29, 0.717) is 17.8 Å². The minimum atomic E-state index is -2.92. The quantitative estimate of drug-likeness (QED) is 0.463. The number of nitrogens with one attached hydrogen (secondary N) is 2. The van der Waals surface area contributed by atoms with E-state index in [9.17, 15) is 13.2 Å². The monoisotopic (exact) mass is 367 g/mol. The Morgan fingerprint density at radius 1 is 1.16 bits per heavy atom. The molecule has 2 N–H and O–H groups in total. The molecule has 2 rings (SSSR count). The van der Waals surface area contributed by atoms with Crippen LogP contribution < -0.4 is 15.5 Å². The summed E-state index contributed by atoms with van der Waals surface area (Å²) in [6, 6.07) is 12.3. The van der Waals surface area contributed by atoms with Crippen molar-refractivity contribution in [3.63, 3.8) is 0 Å². The van der Waals surface area contributed by atoms with E-state index in [4.69, 9.17) is 12.2 Å². The molecule has 25 heavy (non-hydrogen) atoms. The molecule has 0 heterocycles. The van der Waals surface area contributed by atoms with Crippen LogP contribution in [0.1, 0.15) is 18.1 Å². The van der Waals surface area contributed by atoms with Crippen LogP contribution in [0.4, 0.5) is 13.2 Å². The summed E-state index contributed by atoms with van der Waals surface area (Å²) in [6.45, 7) is -0.880. The lowest BCUT2D eigenvalue weighted by atomic mass is 10.1. The third-order valence-corrected chi connectivity index (χ3v) is 3.42. The fraction of sp³-hybridized carbons (Fsp3) is 0.176. The van der Waals surface area contributed by atoms with Gasteiger partial charge in [-0.25, -0.2) is 4.39 Å². The van der Waals surface area contributed by atoms with Crippen molar-refractivity contribution in [1.82, 2.24) is 10.7 Å². The van der Waals surface area contributed by atoms with E-state index in [1.54, 1.807) is 37.3 Å². The van der Waals surface area contributed by atoms with Crippen LogP contribution in [0.25, 0.3) is 0 Å². The van der Waals surface area contributed by atoms with Gasteiger partial charge in [0, 0.05) is 12.1 Å². The summed E-state index contributed by atoms with van der Waals surface area (Å²) in [5.74, 6) is -0.278. The van der Waals surface area contributed by atoms with Crippen molar-refractivity contribution in [2.75, 3.05) is 0 Å². The van der Waals surface area contributed by atoms with Gasteiger partial charge in [0.1, 0.15) is 11.6 Å². The molecule has 4 nitrogen and oxygen atoms in total. The highest BCUT2D eigenvalue weighted by atomic mass is 32.1. The second-order valence-electron chi connectivity index (χ2n) is 4.99. The molecule has 132 valence electrons. The normalized spacial score (nSPS) is 11.3. The van der Waals surface area contributed by atoms with Gasteiger partial charge in [0.05, 0.1) is 5.71 Å². The first-order valence-electron chi connectivity index (χ1n) is 7.32. The molecule has 0 aliphatic heterocycles. The van der Waals surface area contributed by atoms with Gasteiger partial charge in [0.2, 0.25) is 0 Å². The molecule has 0 unspecified atom stereocenters. The van der Waals surface area contributed by atoms with Crippen LogP contribution in [0.15, 0.2) is 53.6 Å². The van der Waals surface area contributed by atoms with E-state index < -0.39 is 6.61 Å². The van der Waals surface area contributed by atoms with Gasteiger partial charge in [-0.1, -0.05) is 24.3 Å². The Labute approximate surface area is 148 Å². The minimum absolute atomic E-state index is 0.0331. The highest BCUT2D eigenvalue weighted by Gasteiger charge is 2.11. The number of para-hydroxylation sites is 1. The molecule has 0 spiro atoms. The third-order valence-electron chi connectivity index (χ3n) is 3.18. The van der Waals surface area contributed by atoms with Crippen molar-refractivity contribution in [3.05, 3.63) is 65.5 Å². The summed E-state index contributed by atoms with van der Waals surface area (Å²) in [6.07, 6.45) is 0. The second-order valence-corrected chi connectivity index (χ2v) is 5.40. The van der Waals surface area contributed by atoms with Crippen molar-refractivity contribution in [2.45, 2.75) is 20.1 Å². The molecule has 0 radical (unpaired) electrons. The Morgan fingerprint density at radius 3 is 2.52 bits per heavy atom. The van der Waals surface area contributed by atoms with Gasteiger partial charge in [0.25, 0.3) is 0 Å². The number of thiocarbonyl (C=S) groups is 1. The van der Waals surface area contributed by atoms with E-state index in [0.717, 1.165) is 5.56 Å². The van der Waals surface area contributed by atoms with Crippen LogP contribution in [-0.4, -0.2) is 17.4 Å². The topological polar surface area (TPSA) is 45.7 Å². The largest absolute Gasteiger partial charge is 0.434 e. The maximum absolute atomic E-state index is 12.8. The smallest absolute Gasteiger partial charge is 0.387 e. The molecule has 0 aliphatic rings. The number of hydrazone groups is 1. The van der Waals surface area contributed by atoms with Gasteiger partial charge >= 0.3 is 6.61 Å². The van der Waals surface area contributed by atoms with Crippen molar-refractivity contribution >= 4 is 23.0 Å². The molecule has 0 aliphatic carbocycles. The summed E-state index contributed by atoms with van der Waals surface area (Å²) in [7, 11) is 0. The van der Waals surface area contributed by atoms with Crippen molar-refractivity contribution in [1.29, 1.82) is 0 Å². The molecular formula is C17H16F3N3OS. The first-order valence-corrected chi connectivity index (χ1v) is 7.73. The Kier molecular flexibility index (Phi) is 6.76. The molecule has 0 saturated heterocycles.